The summed E-state index contributed by atoms with van der Waals surface area (Å²) in [7, 11) is 0. The van der Waals surface area contributed by atoms with Crippen molar-refractivity contribution in [2.45, 2.75) is 25.0 Å². The van der Waals surface area contributed by atoms with E-state index in [4.69, 9.17) is 9.57 Å². The molecule has 5 nitrogen and oxygen atoms in total. The summed E-state index contributed by atoms with van der Waals surface area (Å²) >= 11 is 0. The number of ether oxygens (including phenoxy) is 1. The van der Waals surface area contributed by atoms with Crippen LogP contribution in [0.2, 0.25) is 0 Å². The number of allylic oxidation sites excluding steroid dienone is 2. The fraction of sp³-hybridized carbons (Fsp3) is 0.455. The smallest absolute Gasteiger partial charge is 0.356 e. The first-order valence-corrected chi connectivity index (χ1v) is 5.14. The van der Waals surface area contributed by atoms with Gasteiger partial charge in [0.25, 0.3) is 0 Å². The maximum Gasteiger partial charge on any atom is 0.356 e. The molecule has 0 saturated carbocycles. The Hall–Kier alpha value is -1.62. The van der Waals surface area contributed by atoms with Gasteiger partial charge in [0.1, 0.15) is 5.60 Å². The average molecular weight is 223 g/mol. The zero-order chi connectivity index (χ0) is 11.6. The third-order valence-corrected chi connectivity index (χ3v) is 2.51. The van der Waals surface area contributed by atoms with Crippen molar-refractivity contribution in [1.29, 1.82) is 0 Å². The van der Waals surface area contributed by atoms with Gasteiger partial charge in [0.05, 0.1) is 6.61 Å². The number of hydrogen-bond acceptors (Lipinski definition) is 5. The van der Waals surface area contributed by atoms with E-state index in [1.54, 1.807) is 31.2 Å². The molecule has 2 rings (SSSR count). The molecule has 5 heteroatoms. The Morgan fingerprint density at radius 2 is 2.56 bits per heavy atom. The van der Waals surface area contributed by atoms with Crippen LogP contribution in [0.4, 0.5) is 0 Å². The fourth-order valence-electron chi connectivity index (χ4n) is 1.68. The number of esters is 1. The van der Waals surface area contributed by atoms with E-state index in [-0.39, 0.29) is 18.7 Å². The highest BCUT2D eigenvalue weighted by molar-refractivity contribution is 6.36. The van der Waals surface area contributed by atoms with Crippen molar-refractivity contribution in [3.05, 3.63) is 24.3 Å². The Morgan fingerprint density at radius 1 is 1.75 bits per heavy atom. The molecule has 1 aliphatic carbocycles. The van der Waals surface area contributed by atoms with Gasteiger partial charge in [-0.05, 0) is 19.1 Å². The molecule has 1 aliphatic heterocycles. The quantitative estimate of drug-likeness (QED) is 0.694. The standard InChI is InChI=1S/C11H13NO4/c1-2-15-10(13)8-7-11(14)6-4-3-5-9(11)16-12-8/h3-6,9,14H,2,7H2,1H3/t9-,11+/m0/s1. The van der Waals surface area contributed by atoms with Crippen LogP contribution in [0.5, 0.6) is 0 Å². The lowest BCUT2D eigenvalue weighted by molar-refractivity contribution is -0.137. The molecule has 0 aromatic heterocycles. The molecule has 0 bridgehead atoms. The van der Waals surface area contributed by atoms with E-state index in [0.29, 0.717) is 0 Å². The number of carbonyl (C=O) groups is 1. The van der Waals surface area contributed by atoms with Gasteiger partial charge in [-0.15, -0.1) is 0 Å². The summed E-state index contributed by atoms with van der Waals surface area (Å²) < 4.78 is 4.80. The second-order valence-electron chi connectivity index (χ2n) is 3.70. The lowest BCUT2D eigenvalue weighted by Crippen LogP contribution is -2.47. The molecule has 0 spiro atoms. The number of hydrogen-bond donors (Lipinski definition) is 1. The van der Waals surface area contributed by atoms with E-state index >= 15 is 0 Å². The van der Waals surface area contributed by atoms with Gasteiger partial charge in [0.2, 0.25) is 0 Å². The van der Waals surface area contributed by atoms with Crippen LogP contribution in [0.1, 0.15) is 13.3 Å². The van der Waals surface area contributed by atoms with Gasteiger partial charge in [-0.1, -0.05) is 17.3 Å². The van der Waals surface area contributed by atoms with Crippen LogP contribution in [-0.2, 0) is 14.4 Å². The maximum absolute atomic E-state index is 11.4. The Labute approximate surface area is 93.0 Å². The van der Waals surface area contributed by atoms with Crippen LogP contribution in [-0.4, -0.2) is 35.1 Å². The third kappa shape index (κ3) is 1.86. The minimum absolute atomic E-state index is 0.108. The summed E-state index contributed by atoms with van der Waals surface area (Å²) in [4.78, 5) is 16.5. The Bertz CT molecular complexity index is 385. The van der Waals surface area contributed by atoms with E-state index in [1.807, 2.05) is 0 Å². The van der Waals surface area contributed by atoms with Crippen molar-refractivity contribution in [2.75, 3.05) is 6.61 Å². The summed E-state index contributed by atoms with van der Waals surface area (Å²) in [5.41, 5.74) is -1.08. The molecule has 2 aliphatic rings. The summed E-state index contributed by atoms with van der Waals surface area (Å²) in [5, 5.41) is 13.9. The Kier molecular flexibility index (Phi) is 2.78. The molecule has 0 saturated heterocycles. The highest BCUT2D eigenvalue weighted by Crippen LogP contribution is 2.29. The summed E-state index contributed by atoms with van der Waals surface area (Å²) in [6.45, 7) is 1.98. The topological polar surface area (TPSA) is 68.1 Å². The van der Waals surface area contributed by atoms with Gasteiger partial charge in [-0.3, -0.25) is 0 Å². The van der Waals surface area contributed by atoms with Crippen molar-refractivity contribution in [1.82, 2.24) is 0 Å². The van der Waals surface area contributed by atoms with E-state index in [9.17, 15) is 9.90 Å². The van der Waals surface area contributed by atoms with Crippen LogP contribution >= 0.6 is 0 Å². The van der Waals surface area contributed by atoms with E-state index < -0.39 is 17.7 Å². The molecule has 0 unspecified atom stereocenters. The van der Waals surface area contributed by atoms with E-state index in [2.05, 4.69) is 5.16 Å². The van der Waals surface area contributed by atoms with Crippen LogP contribution in [0, 0.1) is 0 Å². The SMILES string of the molecule is CCOC(=O)C1=NO[C@H]2C=CC=C[C@@]2(O)C1. The molecule has 0 radical (unpaired) electrons. The first-order valence-electron chi connectivity index (χ1n) is 5.14. The molecule has 1 N–H and O–H groups in total. The average Bonchev–Trinajstić information content (AvgIpc) is 2.27. The lowest BCUT2D eigenvalue weighted by atomic mass is 9.86. The van der Waals surface area contributed by atoms with Gasteiger partial charge < -0.3 is 14.7 Å². The zero-order valence-corrected chi connectivity index (χ0v) is 8.92. The van der Waals surface area contributed by atoms with Crippen LogP contribution in [0.3, 0.4) is 0 Å². The lowest BCUT2D eigenvalue weighted by Gasteiger charge is -2.34. The molecule has 0 amide bonds. The van der Waals surface area contributed by atoms with Gasteiger partial charge in [-0.2, -0.15) is 0 Å². The van der Waals surface area contributed by atoms with E-state index in [0.717, 1.165) is 0 Å². The minimum atomic E-state index is -1.20. The molecular weight excluding hydrogens is 210 g/mol. The predicted octanol–water partition coefficient (Wildman–Crippen LogP) is 0.551. The first kappa shape index (κ1) is 10.9. The van der Waals surface area contributed by atoms with Crippen LogP contribution in [0.15, 0.2) is 29.5 Å². The summed E-state index contributed by atoms with van der Waals surface area (Å²) in [5.74, 6) is -0.544. The number of rotatable bonds is 2. The number of oxime groups is 1. The number of nitrogens with zero attached hydrogens (tertiary/aromatic N) is 1. The largest absolute Gasteiger partial charge is 0.461 e. The number of carbonyl (C=O) groups excluding carboxylic acids is 1. The second-order valence-corrected chi connectivity index (χ2v) is 3.70. The minimum Gasteiger partial charge on any atom is -0.461 e. The molecule has 86 valence electrons. The molecule has 2 atom stereocenters. The van der Waals surface area contributed by atoms with Crippen molar-refractivity contribution in [3.63, 3.8) is 0 Å². The van der Waals surface area contributed by atoms with Crippen LogP contribution < -0.4 is 0 Å². The normalized spacial score (nSPS) is 31.4. The highest BCUT2D eigenvalue weighted by Gasteiger charge is 2.42. The Balaban J connectivity index is 2.16. The molecule has 0 fully saturated rings. The number of fused-ring (bicyclic) bond motifs is 1. The third-order valence-electron chi connectivity index (χ3n) is 2.51. The van der Waals surface area contributed by atoms with Gasteiger partial charge >= 0.3 is 5.97 Å². The summed E-state index contributed by atoms with van der Waals surface area (Å²) in [6, 6.07) is 0. The van der Waals surface area contributed by atoms with Gasteiger partial charge in [0.15, 0.2) is 11.8 Å². The monoisotopic (exact) mass is 223 g/mol. The molecule has 16 heavy (non-hydrogen) atoms. The first-order chi connectivity index (χ1) is 7.65. The van der Waals surface area contributed by atoms with Crippen LogP contribution in [0.25, 0.3) is 0 Å². The van der Waals surface area contributed by atoms with Crippen molar-refractivity contribution < 1.29 is 19.5 Å². The second kappa shape index (κ2) is 4.09. The van der Waals surface area contributed by atoms with Crippen molar-refractivity contribution >= 4 is 11.7 Å². The molecule has 0 aromatic carbocycles. The van der Waals surface area contributed by atoms with Crippen molar-refractivity contribution in [3.8, 4) is 0 Å². The fourth-order valence-corrected chi connectivity index (χ4v) is 1.68. The Morgan fingerprint density at radius 3 is 3.31 bits per heavy atom. The summed E-state index contributed by atoms with van der Waals surface area (Å²) in [6.07, 6.45) is 6.36. The predicted molar refractivity (Wildman–Crippen MR) is 56.8 cm³/mol. The molecule has 1 heterocycles. The highest BCUT2D eigenvalue weighted by atomic mass is 16.7. The van der Waals surface area contributed by atoms with Gasteiger partial charge in [-0.25, -0.2) is 4.79 Å². The maximum atomic E-state index is 11.4. The van der Waals surface area contributed by atoms with Gasteiger partial charge in [0, 0.05) is 6.42 Å². The molecule has 0 aromatic rings. The number of aliphatic hydroxyl groups is 1. The molecular formula is C11H13NO4. The van der Waals surface area contributed by atoms with E-state index in [1.165, 1.54) is 0 Å². The van der Waals surface area contributed by atoms with Crippen molar-refractivity contribution in [2.24, 2.45) is 5.16 Å². The zero-order valence-electron chi connectivity index (χ0n) is 8.92.